The molecule has 0 aliphatic rings. The van der Waals surface area contributed by atoms with Crippen molar-refractivity contribution in [1.29, 1.82) is 0 Å². The molecular formula is C7H9NO3. The van der Waals surface area contributed by atoms with Crippen LogP contribution in [0.5, 0.6) is 0 Å². The molecule has 4 nitrogen and oxygen atoms in total. The minimum atomic E-state index is -1.05. The highest BCUT2D eigenvalue weighted by Gasteiger charge is 2.08. The summed E-state index contributed by atoms with van der Waals surface area (Å²) in [5.41, 5.74) is -0.0200. The van der Waals surface area contributed by atoms with Gasteiger partial charge >= 0.3 is 5.97 Å². The number of rotatable bonds is 3. The molecule has 0 spiro atoms. The highest BCUT2D eigenvalue weighted by Crippen LogP contribution is 2.03. The molecule has 60 valence electrons. The van der Waals surface area contributed by atoms with Crippen molar-refractivity contribution < 1.29 is 14.3 Å². The van der Waals surface area contributed by atoms with E-state index in [0.717, 1.165) is 12.7 Å². The summed E-state index contributed by atoms with van der Waals surface area (Å²) in [6.45, 7) is 1.98. The van der Waals surface area contributed by atoms with Gasteiger partial charge in [-0.1, -0.05) is 6.92 Å². The first-order valence-corrected chi connectivity index (χ1v) is 3.41. The van der Waals surface area contributed by atoms with Gasteiger partial charge in [-0.15, -0.1) is 0 Å². The van der Waals surface area contributed by atoms with Crippen LogP contribution in [-0.4, -0.2) is 16.1 Å². The van der Waals surface area contributed by atoms with Gasteiger partial charge in [0.15, 0.2) is 11.6 Å². The molecule has 0 saturated carbocycles. The summed E-state index contributed by atoms with van der Waals surface area (Å²) in [4.78, 5) is 14.0. The Morgan fingerprint density at radius 2 is 2.55 bits per heavy atom. The van der Waals surface area contributed by atoms with Crippen LogP contribution in [0.2, 0.25) is 0 Å². The summed E-state index contributed by atoms with van der Waals surface area (Å²) < 4.78 is 4.87. The van der Waals surface area contributed by atoms with Gasteiger partial charge in [-0.25, -0.2) is 9.78 Å². The lowest BCUT2D eigenvalue weighted by Gasteiger charge is -1.85. The quantitative estimate of drug-likeness (QED) is 0.715. The van der Waals surface area contributed by atoms with Crippen molar-refractivity contribution in [1.82, 2.24) is 4.98 Å². The Bertz CT molecular complexity index is 254. The number of hydrogen-bond acceptors (Lipinski definition) is 3. The maximum atomic E-state index is 10.3. The van der Waals surface area contributed by atoms with Gasteiger partial charge in [0.2, 0.25) is 0 Å². The summed E-state index contributed by atoms with van der Waals surface area (Å²) in [6.07, 6.45) is 2.75. The van der Waals surface area contributed by atoms with Crippen LogP contribution in [0.4, 0.5) is 0 Å². The van der Waals surface area contributed by atoms with Crippen LogP contribution in [0.25, 0.3) is 0 Å². The van der Waals surface area contributed by atoms with E-state index >= 15 is 0 Å². The smallest absolute Gasteiger partial charge is 0.357 e. The van der Waals surface area contributed by atoms with Crippen LogP contribution in [0.3, 0.4) is 0 Å². The SMILES string of the molecule is CCCc1nc(C(=O)O)co1. The van der Waals surface area contributed by atoms with E-state index in [2.05, 4.69) is 4.98 Å². The number of aromatic carboxylic acids is 1. The van der Waals surface area contributed by atoms with Crippen molar-refractivity contribution in [3.05, 3.63) is 17.8 Å². The van der Waals surface area contributed by atoms with E-state index in [1.54, 1.807) is 0 Å². The summed E-state index contributed by atoms with van der Waals surface area (Å²) in [5.74, 6) is -0.555. The molecule has 1 aromatic heterocycles. The van der Waals surface area contributed by atoms with Gasteiger partial charge in [-0.2, -0.15) is 0 Å². The average Bonchev–Trinajstić information content (AvgIpc) is 2.37. The fourth-order valence-corrected chi connectivity index (χ4v) is 0.738. The van der Waals surface area contributed by atoms with Crippen molar-refractivity contribution in [2.45, 2.75) is 19.8 Å². The van der Waals surface area contributed by atoms with E-state index in [1.807, 2.05) is 6.92 Å². The topological polar surface area (TPSA) is 63.3 Å². The number of carboxylic acids is 1. The molecule has 0 unspecified atom stereocenters. The van der Waals surface area contributed by atoms with Gasteiger partial charge in [-0.3, -0.25) is 0 Å². The number of carbonyl (C=O) groups is 1. The highest BCUT2D eigenvalue weighted by molar-refractivity contribution is 5.84. The van der Waals surface area contributed by atoms with Gasteiger partial charge < -0.3 is 9.52 Å². The lowest BCUT2D eigenvalue weighted by molar-refractivity contribution is 0.0690. The first kappa shape index (κ1) is 7.78. The van der Waals surface area contributed by atoms with Gasteiger partial charge in [0.05, 0.1) is 0 Å². The Morgan fingerprint density at radius 3 is 3.00 bits per heavy atom. The fraction of sp³-hybridized carbons (Fsp3) is 0.429. The monoisotopic (exact) mass is 155 g/mol. The Hall–Kier alpha value is -1.32. The van der Waals surface area contributed by atoms with Crippen molar-refractivity contribution in [3.8, 4) is 0 Å². The number of aromatic nitrogens is 1. The standard InChI is InChI=1S/C7H9NO3/c1-2-3-6-8-5(4-11-6)7(9)10/h4H,2-3H2,1H3,(H,9,10). The van der Waals surface area contributed by atoms with E-state index in [1.165, 1.54) is 0 Å². The van der Waals surface area contributed by atoms with Crippen LogP contribution >= 0.6 is 0 Å². The Balaban J connectivity index is 2.73. The second-order valence-corrected chi connectivity index (χ2v) is 2.18. The van der Waals surface area contributed by atoms with E-state index in [0.29, 0.717) is 12.3 Å². The third-order valence-electron chi connectivity index (χ3n) is 1.23. The van der Waals surface area contributed by atoms with Crippen molar-refractivity contribution in [3.63, 3.8) is 0 Å². The van der Waals surface area contributed by atoms with Gasteiger partial charge in [0.1, 0.15) is 6.26 Å². The van der Waals surface area contributed by atoms with Crippen molar-refractivity contribution in [2.24, 2.45) is 0 Å². The van der Waals surface area contributed by atoms with Crippen LogP contribution < -0.4 is 0 Å². The van der Waals surface area contributed by atoms with E-state index < -0.39 is 5.97 Å². The molecule has 0 bridgehead atoms. The zero-order valence-corrected chi connectivity index (χ0v) is 6.20. The predicted octanol–water partition coefficient (Wildman–Crippen LogP) is 1.33. The first-order chi connectivity index (χ1) is 5.24. The molecule has 0 atom stereocenters. The molecule has 0 aliphatic carbocycles. The summed E-state index contributed by atoms with van der Waals surface area (Å²) in [7, 11) is 0. The Kier molecular flexibility index (Phi) is 2.25. The van der Waals surface area contributed by atoms with Gasteiger partial charge in [0, 0.05) is 6.42 Å². The van der Waals surface area contributed by atoms with E-state index in [9.17, 15) is 4.79 Å². The van der Waals surface area contributed by atoms with Crippen LogP contribution in [0.1, 0.15) is 29.7 Å². The highest BCUT2D eigenvalue weighted by atomic mass is 16.4. The molecule has 0 amide bonds. The average molecular weight is 155 g/mol. The zero-order valence-electron chi connectivity index (χ0n) is 6.20. The van der Waals surface area contributed by atoms with Crippen LogP contribution in [-0.2, 0) is 6.42 Å². The molecule has 1 heterocycles. The number of nitrogens with zero attached hydrogens (tertiary/aromatic N) is 1. The minimum Gasteiger partial charge on any atom is -0.476 e. The third-order valence-corrected chi connectivity index (χ3v) is 1.23. The first-order valence-electron chi connectivity index (χ1n) is 3.41. The maximum Gasteiger partial charge on any atom is 0.357 e. The van der Waals surface area contributed by atoms with Gasteiger partial charge in [0.25, 0.3) is 0 Å². The number of aryl methyl sites for hydroxylation is 1. The summed E-state index contributed by atoms with van der Waals surface area (Å²) >= 11 is 0. The molecular weight excluding hydrogens is 146 g/mol. The van der Waals surface area contributed by atoms with E-state index in [-0.39, 0.29) is 5.69 Å². The molecule has 0 radical (unpaired) electrons. The summed E-state index contributed by atoms with van der Waals surface area (Å²) in [5, 5.41) is 8.44. The largest absolute Gasteiger partial charge is 0.476 e. The molecule has 1 aromatic rings. The maximum absolute atomic E-state index is 10.3. The molecule has 4 heteroatoms. The lowest BCUT2D eigenvalue weighted by atomic mass is 10.3. The molecule has 1 N–H and O–H groups in total. The minimum absolute atomic E-state index is 0.0200. The van der Waals surface area contributed by atoms with Crippen molar-refractivity contribution >= 4 is 5.97 Å². The third kappa shape index (κ3) is 1.80. The van der Waals surface area contributed by atoms with Crippen LogP contribution in [0.15, 0.2) is 10.7 Å². The molecule has 0 aliphatic heterocycles. The van der Waals surface area contributed by atoms with Crippen molar-refractivity contribution in [2.75, 3.05) is 0 Å². The zero-order chi connectivity index (χ0) is 8.27. The number of carboxylic acid groups (broad SMARTS) is 1. The number of oxazole rings is 1. The Morgan fingerprint density at radius 1 is 1.82 bits per heavy atom. The van der Waals surface area contributed by atoms with E-state index in [4.69, 9.17) is 9.52 Å². The number of hydrogen-bond donors (Lipinski definition) is 1. The normalized spacial score (nSPS) is 9.91. The van der Waals surface area contributed by atoms with Gasteiger partial charge in [-0.05, 0) is 6.42 Å². The molecule has 11 heavy (non-hydrogen) atoms. The second kappa shape index (κ2) is 3.18. The fourth-order valence-electron chi connectivity index (χ4n) is 0.738. The molecule has 0 aromatic carbocycles. The predicted molar refractivity (Wildman–Crippen MR) is 37.5 cm³/mol. The molecule has 1 rings (SSSR count). The lowest BCUT2D eigenvalue weighted by Crippen LogP contribution is -1.96. The second-order valence-electron chi connectivity index (χ2n) is 2.18. The van der Waals surface area contributed by atoms with Crippen LogP contribution in [0, 0.1) is 0 Å². The molecule has 0 fully saturated rings. The molecule has 0 saturated heterocycles. The Labute approximate surface area is 63.9 Å². The summed E-state index contributed by atoms with van der Waals surface area (Å²) in [6, 6.07) is 0.